The molecule has 0 amide bonds. The van der Waals surface area contributed by atoms with Crippen molar-refractivity contribution in [3.05, 3.63) is 34.6 Å². The van der Waals surface area contributed by atoms with E-state index in [1.54, 1.807) is 6.07 Å². The Morgan fingerprint density at radius 2 is 2.29 bits per heavy atom. The van der Waals surface area contributed by atoms with Gasteiger partial charge < -0.3 is 10.4 Å². The van der Waals surface area contributed by atoms with Crippen LogP contribution in [0.4, 0.5) is 4.39 Å². The number of nitrogens with zero attached hydrogens (tertiary/aromatic N) is 1. The number of hydrogen-bond donors (Lipinski definition) is 2. The lowest BCUT2D eigenvalue weighted by Crippen LogP contribution is -2.25. The summed E-state index contributed by atoms with van der Waals surface area (Å²) in [5.41, 5.74) is 0.645. The Bertz CT molecular complexity index is 406. The fourth-order valence-corrected chi connectivity index (χ4v) is 1.58. The molecule has 0 unspecified atom stereocenters. The van der Waals surface area contributed by atoms with Gasteiger partial charge in [0.05, 0.1) is 23.7 Å². The van der Waals surface area contributed by atoms with E-state index in [1.165, 1.54) is 12.1 Å². The number of unbranched alkanes of at least 4 members (excludes halogenated alkanes) is 1. The molecule has 1 atom stereocenters. The van der Waals surface area contributed by atoms with Gasteiger partial charge in [-0.3, -0.25) is 0 Å². The molecule has 0 radical (unpaired) electrons. The van der Waals surface area contributed by atoms with E-state index >= 15 is 0 Å². The molecule has 0 saturated heterocycles. The molecule has 0 aliphatic rings. The van der Waals surface area contributed by atoms with Crippen LogP contribution in [0.25, 0.3) is 0 Å². The lowest BCUT2D eigenvalue weighted by molar-refractivity contribution is 0.244. The van der Waals surface area contributed by atoms with Crippen molar-refractivity contribution >= 4 is 11.6 Å². The van der Waals surface area contributed by atoms with E-state index in [0.29, 0.717) is 24.9 Å². The molecule has 0 fully saturated rings. The van der Waals surface area contributed by atoms with Crippen molar-refractivity contribution in [2.45, 2.75) is 18.9 Å². The van der Waals surface area contributed by atoms with Gasteiger partial charge in [0.15, 0.2) is 0 Å². The minimum absolute atomic E-state index is 0.0647. The summed E-state index contributed by atoms with van der Waals surface area (Å²) in [5.74, 6) is -0.499. The molecule has 5 heteroatoms. The summed E-state index contributed by atoms with van der Waals surface area (Å²) in [4.78, 5) is 0. The van der Waals surface area contributed by atoms with Crippen molar-refractivity contribution in [1.82, 2.24) is 5.32 Å². The second-order valence-electron chi connectivity index (χ2n) is 3.62. The lowest BCUT2D eigenvalue weighted by atomic mass is 10.1. The molecule has 1 aromatic carbocycles. The summed E-state index contributed by atoms with van der Waals surface area (Å²) in [5, 5.41) is 20.7. The van der Waals surface area contributed by atoms with Crippen LogP contribution in [0.1, 0.15) is 24.4 Å². The first-order valence-corrected chi connectivity index (χ1v) is 5.73. The van der Waals surface area contributed by atoms with Gasteiger partial charge in [0, 0.05) is 6.42 Å². The minimum atomic E-state index is -0.499. The normalized spacial score (nSPS) is 12.1. The Labute approximate surface area is 105 Å². The molecule has 2 N–H and O–H groups in total. The zero-order valence-corrected chi connectivity index (χ0v) is 10.0. The largest absolute Gasteiger partial charge is 0.394 e. The van der Waals surface area contributed by atoms with Crippen molar-refractivity contribution < 1.29 is 9.50 Å². The highest BCUT2D eigenvalue weighted by atomic mass is 35.5. The molecular weight excluding hydrogens is 243 g/mol. The smallest absolute Gasteiger partial charge is 0.142 e. The molecule has 0 spiro atoms. The fraction of sp³-hybridized carbons (Fsp3) is 0.417. The van der Waals surface area contributed by atoms with E-state index < -0.39 is 5.82 Å². The third-order valence-electron chi connectivity index (χ3n) is 2.38. The molecule has 0 aliphatic heterocycles. The maximum absolute atomic E-state index is 13.2. The van der Waals surface area contributed by atoms with E-state index in [0.717, 1.165) is 0 Å². The van der Waals surface area contributed by atoms with Crippen LogP contribution in [-0.4, -0.2) is 18.3 Å². The molecule has 0 bridgehead atoms. The van der Waals surface area contributed by atoms with Crippen molar-refractivity contribution in [2.75, 3.05) is 13.2 Å². The number of nitriles is 1. The average molecular weight is 257 g/mol. The van der Waals surface area contributed by atoms with E-state index in [1.807, 2.05) is 6.07 Å². The molecule has 17 heavy (non-hydrogen) atoms. The third-order valence-corrected chi connectivity index (χ3v) is 2.69. The van der Waals surface area contributed by atoms with Gasteiger partial charge in [-0.05, 0) is 30.7 Å². The van der Waals surface area contributed by atoms with Gasteiger partial charge in [-0.15, -0.1) is 0 Å². The van der Waals surface area contributed by atoms with Gasteiger partial charge in [0.25, 0.3) is 0 Å². The Morgan fingerprint density at radius 3 is 2.88 bits per heavy atom. The average Bonchev–Trinajstić information content (AvgIpc) is 2.33. The molecule has 92 valence electrons. The van der Waals surface area contributed by atoms with Gasteiger partial charge in [-0.25, -0.2) is 4.39 Å². The van der Waals surface area contributed by atoms with Crippen molar-refractivity contribution in [3.8, 4) is 6.07 Å². The van der Waals surface area contributed by atoms with Crippen LogP contribution < -0.4 is 5.32 Å². The molecule has 0 heterocycles. The quantitative estimate of drug-likeness (QED) is 0.769. The monoisotopic (exact) mass is 256 g/mol. The van der Waals surface area contributed by atoms with Gasteiger partial charge in [-0.1, -0.05) is 17.7 Å². The molecule has 1 aromatic rings. The molecule has 0 saturated carbocycles. The number of halogens is 2. The maximum Gasteiger partial charge on any atom is 0.142 e. The van der Waals surface area contributed by atoms with Gasteiger partial charge in [0.2, 0.25) is 0 Å². The molecule has 0 aliphatic carbocycles. The van der Waals surface area contributed by atoms with Crippen LogP contribution in [-0.2, 0) is 0 Å². The molecular formula is C12H14ClFN2O. The van der Waals surface area contributed by atoms with Crippen molar-refractivity contribution in [3.63, 3.8) is 0 Å². The molecule has 1 rings (SSSR count). The van der Waals surface area contributed by atoms with Crippen LogP contribution >= 0.6 is 11.6 Å². The topological polar surface area (TPSA) is 56.0 Å². The second-order valence-corrected chi connectivity index (χ2v) is 4.03. The molecule has 3 nitrogen and oxygen atoms in total. The van der Waals surface area contributed by atoms with Gasteiger partial charge >= 0.3 is 0 Å². The van der Waals surface area contributed by atoms with E-state index in [-0.39, 0.29) is 17.7 Å². The van der Waals surface area contributed by atoms with E-state index in [2.05, 4.69) is 5.32 Å². The summed E-state index contributed by atoms with van der Waals surface area (Å²) in [6, 6.07) is 6.14. The van der Waals surface area contributed by atoms with E-state index in [9.17, 15) is 9.50 Å². The van der Waals surface area contributed by atoms with Crippen molar-refractivity contribution in [2.24, 2.45) is 0 Å². The number of nitrogens with one attached hydrogen (secondary N) is 1. The first kappa shape index (κ1) is 13.9. The highest BCUT2D eigenvalue weighted by Crippen LogP contribution is 2.20. The van der Waals surface area contributed by atoms with Crippen LogP contribution in [0.15, 0.2) is 18.2 Å². The maximum atomic E-state index is 13.2. The van der Waals surface area contributed by atoms with Crippen LogP contribution in [0.2, 0.25) is 5.02 Å². The highest BCUT2D eigenvalue weighted by molar-refractivity contribution is 6.30. The summed E-state index contributed by atoms with van der Waals surface area (Å²) in [6.45, 7) is 0.469. The van der Waals surface area contributed by atoms with Gasteiger partial charge in [-0.2, -0.15) is 5.26 Å². The zero-order valence-electron chi connectivity index (χ0n) is 9.29. The number of benzene rings is 1. The number of rotatable bonds is 6. The predicted octanol–water partition coefficient (Wildman–Crippen LogP) is 2.41. The van der Waals surface area contributed by atoms with Crippen LogP contribution in [0.5, 0.6) is 0 Å². The number of aliphatic hydroxyl groups excluding tert-OH is 1. The summed E-state index contributed by atoms with van der Waals surface area (Å²) in [7, 11) is 0. The van der Waals surface area contributed by atoms with Crippen molar-refractivity contribution in [1.29, 1.82) is 5.26 Å². The second kappa shape index (κ2) is 7.23. The Morgan fingerprint density at radius 1 is 1.53 bits per heavy atom. The fourth-order valence-electron chi connectivity index (χ4n) is 1.46. The summed E-state index contributed by atoms with van der Waals surface area (Å²) in [6.07, 6.45) is 1.16. The lowest BCUT2D eigenvalue weighted by Gasteiger charge is -2.16. The SMILES string of the molecule is N#CCCCN[C@H](CO)c1ccc(Cl)c(F)c1. The Hall–Kier alpha value is -1.15. The first-order chi connectivity index (χ1) is 8.19. The number of hydrogen-bond acceptors (Lipinski definition) is 3. The molecule has 0 aromatic heterocycles. The van der Waals surface area contributed by atoms with Crippen LogP contribution in [0.3, 0.4) is 0 Å². The van der Waals surface area contributed by atoms with Gasteiger partial charge in [0.1, 0.15) is 5.82 Å². The standard InChI is InChI=1S/C12H14ClFN2O/c13-10-4-3-9(7-11(10)14)12(8-17)16-6-2-1-5-15/h3-4,7,12,16-17H,1-2,6,8H2/t12-/m1/s1. The highest BCUT2D eigenvalue weighted by Gasteiger charge is 2.11. The van der Waals surface area contributed by atoms with Crippen LogP contribution in [0, 0.1) is 17.1 Å². The number of aliphatic hydroxyl groups is 1. The first-order valence-electron chi connectivity index (χ1n) is 5.35. The Balaban J connectivity index is 2.60. The predicted molar refractivity (Wildman–Crippen MR) is 64.1 cm³/mol. The third kappa shape index (κ3) is 4.31. The Kier molecular flexibility index (Phi) is 5.92. The van der Waals surface area contributed by atoms with E-state index in [4.69, 9.17) is 16.9 Å². The summed E-state index contributed by atoms with van der Waals surface area (Å²) < 4.78 is 13.2. The summed E-state index contributed by atoms with van der Waals surface area (Å²) >= 11 is 5.58. The zero-order chi connectivity index (χ0) is 12.7. The minimum Gasteiger partial charge on any atom is -0.394 e.